The number of fused-ring (bicyclic) bond motifs is 1. The summed E-state index contributed by atoms with van der Waals surface area (Å²) in [5, 5.41) is 0. The monoisotopic (exact) mass is 470 g/mol. The number of hydrogen-bond donors (Lipinski definition) is 1. The van der Waals surface area contributed by atoms with Crippen LogP contribution in [0.4, 0.5) is 0 Å². The molecule has 0 aliphatic carbocycles. The van der Waals surface area contributed by atoms with E-state index >= 15 is 0 Å². The Kier molecular flexibility index (Phi) is 6.75. The second kappa shape index (κ2) is 9.72. The van der Waals surface area contributed by atoms with E-state index in [0.717, 1.165) is 19.6 Å². The van der Waals surface area contributed by atoms with Gasteiger partial charge in [0, 0.05) is 38.3 Å². The number of aliphatic imine (C=N–C) groups is 1. The fourth-order valence-electron chi connectivity index (χ4n) is 3.82. The zero-order valence-corrected chi connectivity index (χ0v) is 19.1. The van der Waals surface area contributed by atoms with Crippen LogP contribution >= 0.6 is 0 Å². The molecule has 0 saturated carbocycles. The van der Waals surface area contributed by atoms with Gasteiger partial charge in [0.1, 0.15) is 11.9 Å². The molecule has 2 heterocycles. The van der Waals surface area contributed by atoms with Crippen LogP contribution in [0.3, 0.4) is 0 Å². The predicted molar refractivity (Wildman–Crippen MR) is 122 cm³/mol. The number of carbonyl (C=O) groups excluding carboxylic acids is 2. The molecule has 9 nitrogen and oxygen atoms in total. The maximum atomic E-state index is 12.5. The molecule has 2 aromatic carbocycles. The molecule has 2 aliphatic heterocycles. The Balaban J connectivity index is 1.26. The lowest BCUT2D eigenvalue weighted by atomic mass is 10.2. The van der Waals surface area contributed by atoms with Crippen molar-refractivity contribution < 1.29 is 22.7 Å². The van der Waals surface area contributed by atoms with Crippen molar-refractivity contribution in [2.24, 2.45) is 4.99 Å². The summed E-state index contributed by atoms with van der Waals surface area (Å²) in [7, 11) is -3.69. The number of esters is 1. The van der Waals surface area contributed by atoms with Gasteiger partial charge in [-0.1, -0.05) is 42.5 Å². The van der Waals surface area contributed by atoms with E-state index in [-0.39, 0.29) is 23.2 Å². The van der Waals surface area contributed by atoms with Crippen molar-refractivity contribution in [3.63, 3.8) is 0 Å². The first-order valence-corrected chi connectivity index (χ1v) is 12.2. The Hall–Kier alpha value is -3.24. The van der Waals surface area contributed by atoms with Gasteiger partial charge in [0.05, 0.1) is 4.90 Å². The highest BCUT2D eigenvalue weighted by Crippen LogP contribution is 2.22. The van der Waals surface area contributed by atoms with Gasteiger partial charge in [-0.3, -0.25) is 19.4 Å². The van der Waals surface area contributed by atoms with Gasteiger partial charge >= 0.3 is 5.97 Å². The quantitative estimate of drug-likeness (QED) is 0.631. The second-order valence-electron chi connectivity index (χ2n) is 8.01. The minimum Gasteiger partial charge on any atom is -0.454 e. The van der Waals surface area contributed by atoms with Gasteiger partial charge in [0.15, 0.2) is 6.61 Å². The molecular formula is C23H26N4O5S. The number of rotatable bonds is 6. The van der Waals surface area contributed by atoms with Gasteiger partial charge in [0.2, 0.25) is 0 Å². The second-order valence-corrected chi connectivity index (χ2v) is 9.66. The molecule has 4 rings (SSSR count). The summed E-state index contributed by atoms with van der Waals surface area (Å²) in [5.41, 5.74) is 1.63. The fraction of sp³-hybridized carbons (Fsp3) is 0.348. The number of nitrogens with one attached hydrogen (secondary N) is 1. The van der Waals surface area contributed by atoms with E-state index in [1.165, 1.54) is 18.6 Å². The smallest absolute Gasteiger partial charge is 0.331 e. The zero-order chi connectivity index (χ0) is 23.4. The molecule has 174 valence electrons. The van der Waals surface area contributed by atoms with E-state index in [4.69, 9.17) is 4.74 Å². The maximum Gasteiger partial charge on any atom is 0.331 e. The summed E-state index contributed by atoms with van der Waals surface area (Å²) in [4.78, 5) is 33.1. The molecule has 1 atom stereocenters. The van der Waals surface area contributed by atoms with Crippen molar-refractivity contribution in [1.29, 1.82) is 0 Å². The number of sulfonamides is 1. The summed E-state index contributed by atoms with van der Waals surface area (Å²) < 4.78 is 31.9. The first kappa shape index (κ1) is 22.9. The molecule has 1 N–H and O–H groups in total. The van der Waals surface area contributed by atoms with Crippen LogP contribution in [-0.2, 0) is 30.9 Å². The highest BCUT2D eigenvalue weighted by Gasteiger charge is 2.31. The standard InChI is InChI=1S/C23H26N4O5S/c1-17(24-22-19-9-5-6-10-20(19)33(30,31)25-22)23(29)32-16-21(28)27-13-11-26(12-14-27)15-18-7-3-2-4-8-18/h2-10,17H,11-16H2,1H3,(H,24,25)/t17-/m0/s1. The normalized spacial score (nSPS) is 19.5. The maximum absolute atomic E-state index is 12.5. The van der Waals surface area contributed by atoms with Gasteiger partial charge in [-0.25, -0.2) is 13.2 Å². The van der Waals surface area contributed by atoms with Crippen LogP contribution in [0.5, 0.6) is 0 Å². The van der Waals surface area contributed by atoms with Gasteiger partial charge in [-0.05, 0) is 24.6 Å². The lowest BCUT2D eigenvalue weighted by Gasteiger charge is -2.34. The van der Waals surface area contributed by atoms with Crippen molar-refractivity contribution >= 4 is 27.7 Å². The van der Waals surface area contributed by atoms with Crippen molar-refractivity contribution in [1.82, 2.24) is 14.5 Å². The summed E-state index contributed by atoms with van der Waals surface area (Å²) in [6.07, 6.45) is 0. The minimum atomic E-state index is -3.69. The molecule has 33 heavy (non-hydrogen) atoms. The van der Waals surface area contributed by atoms with Gasteiger partial charge in [-0.15, -0.1) is 0 Å². The lowest BCUT2D eigenvalue weighted by Crippen LogP contribution is -2.49. The molecule has 1 amide bonds. The van der Waals surface area contributed by atoms with E-state index in [9.17, 15) is 18.0 Å². The molecule has 2 aromatic rings. The largest absolute Gasteiger partial charge is 0.454 e. The van der Waals surface area contributed by atoms with E-state index in [1.54, 1.807) is 23.1 Å². The first-order chi connectivity index (χ1) is 15.8. The Morgan fingerprint density at radius 3 is 2.42 bits per heavy atom. The molecule has 1 fully saturated rings. The van der Waals surface area contributed by atoms with Crippen LogP contribution in [0, 0.1) is 0 Å². The number of amidine groups is 1. The highest BCUT2D eigenvalue weighted by molar-refractivity contribution is 7.90. The Labute approximate surface area is 193 Å². The number of ether oxygens (including phenoxy) is 1. The third kappa shape index (κ3) is 5.40. The predicted octanol–water partition coefficient (Wildman–Crippen LogP) is 1.00. The van der Waals surface area contributed by atoms with Crippen LogP contribution in [0.1, 0.15) is 18.1 Å². The Morgan fingerprint density at radius 2 is 1.70 bits per heavy atom. The third-order valence-corrected chi connectivity index (χ3v) is 7.04. The van der Waals surface area contributed by atoms with Crippen LogP contribution in [0.2, 0.25) is 0 Å². The number of hydrogen-bond acceptors (Lipinski definition) is 7. The molecule has 0 bridgehead atoms. The van der Waals surface area contributed by atoms with E-state index < -0.39 is 22.0 Å². The summed E-state index contributed by atoms with van der Waals surface area (Å²) >= 11 is 0. The van der Waals surface area contributed by atoms with E-state index in [1.807, 2.05) is 18.2 Å². The highest BCUT2D eigenvalue weighted by atomic mass is 32.2. The van der Waals surface area contributed by atoms with Crippen LogP contribution < -0.4 is 4.72 Å². The number of nitrogens with zero attached hydrogens (tertiary/aromatic N) is 3. The molecule has 0 spiro atoms. The molecule has 10 heteroatoms. The summed E-state index contributed by atoms with van der Waals surface area (Å²) in [6.45, 7) is 4.60. The average molecular weight is 471 g/mol. The fourth-order valence-corrected chi connectivity index (χ4v) is 5.06. The average Bonchev–Trinajstić information content (AvgIpc) is 3.08. The van der Waals surface area contributed by atoms with Crippen LogP contribution in [0.15, 0.2) is 64.5 Å². The topological polar surface area (TPSA) is 108 Å². The number of carbonyl (C=O) groups is 2. The van der Waals surface area contributed by atoms with Crippen molar-refractivity contribution in [3.8, 4) is 0 Å². The van der Waals surface area contributed by atoms with E-state index in [2.05, 4.69) is 26.7 Å². The summed E-state index contributed by atoms with van der Waals surface area (Å²) in [6, 6.07) is 15.6. The molecule has 1 saturated heterocycles. The molecule has 2 aliphatic rings. The first-order valence-electron chi connectivity index (χ1n) is 10.7. The Bertz CT molecular complexity index is 1160. The zero-order valence-electron chi connectivity index (χ0n) is 18.3. The van der Waals surface area contributed by atoms with Gasteiger partial charge in [0.25, 0.3) is 15.9 Å². The minimum absolute atomic E-state index is 0.0934. The third-order valence-electron chi connectivity index (χ3n) is 5.64. The van der Waals surface area contributed by atoms with Crippen LogP contribution in [0.25, 0.3) is 0 Å². The SMILES string of the molecule is C[C@H](N=C1NS(=O)(=O)c2ccccc21)C(=O)OCC(=O)N1CCN(Cc2ccccc2)CC1. The number of piperazine rings is 1. The number of benzene rings is 2. The van der Waals surface area contributed by atoms with Gasteiger partial charge in [-0.2, -0.15) is 0 Å². The summed E-state index contributed by atoms with van der Waals surface area (Å²) in [5.74, 6) is -0.854. The molecular weight excluding hydrogens is 444 g/mol. The van der Waals surface area contributed by atoms with E-state index in [0.29, 0.717) is 18.7 Å². The van der Waals surface area contributed by atoms with Crippen molar-refractivity contribution in [2.75, 3.05) is 32.8 Å². The van der Waals surface area contributed by atoms with Crippen molar-refractivity contribution in [2.45, 2.75) is 24.4 Å². The van der Waals surface area contributed by atoms with Crippen molar-refractivity contribution in [3.05, 3.63) is 65.7 Å². The molecule has 0 radical (unpaired) electrons. The lowest BCUT2D eigenvalue weighted by molar-refractivity contribution is -0.153. The van der Waals surface area contributed by atoms with Crippen LogP contribution in [-0.4, -0.2) is 74.8 Å². The number of amides is 1. The molecule has 0 aromatic heterocycles. The van der Waals surface area contributed by atoms with Gasteiger partial charge < -0.3 is 9.64 Å². The Morgan fingerprint density at radius 1 is 1.03 bits per heavy atom. The molecule has 0 unspecified atom stereocenters.